The molecule has 190 valence electrons. The van der Waals surface area contributed by atoms with Gasteiger partial charge < -0.3 is 0 Å². The van der Waals surface area contributed by atoms with E-state index in [9.17, 15) is 0 Å². The topological polar surface area (TPSA) is 6.48 Å². The molecule has 1 unspecified atom stereocenters. The van der Waals surface area contributed by atoms with E-state index in [-0.39, 0.29) is 0 Å². The minimum atomic E-state index is 0.606. The fourth-order valence-electron chi connectivity index (χ4n) is 4.83. The van der Waals surface area contributed by atoms with Crippen LogP contribution in [0.3, 0.4) is 0 Å². The van der Waals surface area contributed by atoms with E-state index in [2.05, 4.69) is 68.7 Å². The number of hydrogen-bond acceptors (Lipinski definition) is 2. The number of rotatable bonds is 10. The SMILES string of the molecule is CC.CC.CC.CCCC(c1ccc(C)cc1)N1CCC(N(CCC)C(CC)CC)CC1. The van der Waals surface area contributed by atoms with Crippen molar-refractivity contribution in [2.75, 3.05) is 19.6 Å². The van der Waals surface area contributed by atoms with Crippen LogP contribution in [0.25, 0.3) is 0 Å². The van der Waals surface area contributed by atoms with Gasteiger partial charge in [-0.05, 0) is 57.6 Å². The second-order valence-corrected chi connectivity index (χ2v) is 8.19. The maximum atomic E-state index is 2.85. The third-order valence-electron chi connectivity index (χ3n) is 6.33. The molecule has 0 bridgehead atoms. The van der Waals surface area contributed by atoms with Crippen molar-refractivity contribution in [2.45, 2.75) is 139 Å². The van der Waals surface area contributed by atoms with Crippen LogP contribution in [0.15, 0.2) is 24.3 Å². The van der Waals surface area contributed by atoms with Crippen molar-refractivity contribution in [1.29, 1.82) is 0 Å². The molecule has 2 rings (SSSR count). The third kappa shape index (κ3) is 11.3. The zero-order chi connectivity index (χ0) is 24.9. The lowest BCUT2D eigenvalue weighted by molar-refractivity contribution is 0.0515. The Morgan fingerprint density at radius 2 is 1.31 bits per heavy atom. The number of benzene rings is 1. The molecule has 1 fully saturated rings. The minimum Gasteiger partial charge on any atom is -0.297 e. The van der Waals surface area contributed by atoms with Gasteiger partial charge in [-0.25, -0.2) is 0 Å². The monoisotopic (exact) mass is 448 g/mol. The molecule has 1 aromatic rings. The van der Waals surface area contributed by atoms with Crippen LogP contribution in [-0.4, -0.2) is 41.5 Å². The Labute approximate surface area is 204 Å². The summed E-state index contributed by atoms with van der Waals surface area (Å²) in [4.78, 5) is 5.61. The summed E-state index contributed by atoms with van der Waals surface area (Å²) in [5, 5.41) is 0. The van der Waals surface area contributed by atoms with E-state index >= 15 is 0 Å². The lowest BCUT2D eigenvalue weighted by Crippen LogP contribution is -2.49. The maximum Gasteiger partial charge on any atom is 0.0348 e. The van der Waals surface area contributed by atoms with Gasteiger partial charge >= 0.3 is 0 Å². The first-order valence-electron chi connectivity index (χ1n) is 14.2. The predicted octanol–water partition coefficient (Wildman–Crippen LogP) is 9.28. The summed E-state index contributed by atoms with van der Waals surface area (Å²) in [5.41, 5.74) is 2.88. The van der Waals surface area contributed by atoms with Crippen LogP contribution < -0.4 is 0 Å². The van der Waals surface area contributed by atoms with Gasteiger partial charge in [0, 0.05) is 31.2 Å². The summed E-state index contributed by atoms with van der Waals surface area (Å²) >= 11 is 0. The number of likely N-dealkylation sites (tertiary alicyclic amines) is 1. The van der Waals surface area contributed by atoms with E-state index in [1.165, 1.54) is 75.7 Å². The van der Waals surface area contributed by atoms with Gasteiger partial charge in [0.2, 0.25) is 0 Å². The first kappa shape index (κ1) is 33.3. The van der Waals surface area contributed by atoms with Gasteiger partial charge in [0.1, 0.15) is 0 Å². The van der Waals surface area contributed by atoms with Crippen LogP contribution in [0.5, 0.6) is 0 Å². The average molecular weight is 449 g/mol. The summed E-state index contributed by atoms with van der Waals surface area (Å²) in [6, 6.07) is 11.4. The number of aryl methyl sites for hydroxylation is 1. The smallest absolute Gasteiger partial charge is 0.0348 e. The van der Waals surface area contributed by atoms with Crippen LogP contribution >= 0.6 is 0 Å². The van der Waals surface area contributed by atoms with Crippen LogP contribution in [0, 0.1) is 6.92 Å². The molecule has 0 amide bonds. The van der Waals surface area contributed by atoms with Crippen molar-refractivity contribution in [2.24, 2.45) is 0 Å². The lowest BCUT2D eigenvalue weighted by Gasteiger charge is -2.44. The highest BCUT2D eigenvalue weighted by Gasteiger charge is 2.30. The molecule has 0 N–H and O–H groups in total. The molecule has 1 aliphatic rings. The standard InChI is InChI=1S/C24H42N2.3C2H6/c1-6-10-24(21-13-11-20(5)12-14-21)25-18-15-23(16-19-25)26(17-7-2)22(8-3)9-4;3*1-2/h11-14,22-24H,6-10,15-19H2,1-5H3;3*1-2H3. The maximum absolute atomic E-state index is 2.85. The Morgan fingerprint density at radius 3 is 1.72 bits per heavy atom. The first-order valence-corrected chi connectivity index (χ1v) is 14.2. The van der Waals surface area contributed by atoms with Gasteiger partial charge in [0.25, 0.3) is 0 Å². The van der Waals surface area contributed by atoms with Gasteiger partial charge in [-0.2, -0.15) is 0 Å². The minimum absolute atomic E-state index is 0.606. The van der Waals surface area contributed by atoms with E-state index in [1.807, 2.05) is 41.5 Å². The van der Waals surface area contributed by atoms with E-state index < -0.39 is 0 Å². The van der Waals surface area contributed by atoms with Crippen LogP contribution in [0.1, 0.15) is 131 Å². The Bertz CT molecular complexity index is 484. The van der Waals surface area contributed by atoms with Crippen molar-refractivity contribution < 1.29 is 0 Å². The Balaban J connectivity index is 0. The second kappa shape index (κ2) is 22.0. The summed E-state index contributed by atoms with van der Waals surface area (Å²) in [5.74, 6) is 0. The molecule has 0 saturated carbocycles. The molecule has 1 heterocycles. The van der Waals surface area contributed by atoms with Crippen LogP contribution in [0.4, 0.5) is 0 Å². The Morgan fingerprint density at radius 1 is 0.812 bits per heavy atom. The highest BCUT2D eigenvalue weighted by atomic mass is 15.2. The predicted molar refractivity (Wildman–Crippen MR) is 149 cm³/mol. The molecule has 1 saturated heterocycles. The average Bonchev–Trinajstić information content (AvgIpc) is 2.87. The molecule has 1 aliphatic heterocycles. The van der Waals surface area contributed by atoms with Gasteiger partial charge in [0.05, 0.1) is 0 Å². The normalized spacial score (nSPS) is 15.2. The second-order valence-electron chi connectivity index (χ2n) is 8.19. The highest BCUT2D eigenvalue weighted by Crippen LogP contribution is 2.31. The highest BCUT2D eigenvalue weighted by molar-refractivity contribution is 5.24. The van der Waals surface area contributed by atoms with E-state index in [4.69, 9.17) is 0 Å². The summed E-state index contributed by atoms with van der Waals surface area (Å²) in [7, 11) is 0. The summed E-state index contributed by atoms with van der Waals surface area (Å²) < 4.78 is 0. The molecule has 1 atom stereocenters. The number of hydrogen-bond donors (Lipinski definition) is 0. The quantitative estimate of drug-likeness (QED) is 0.352. The molecule has 0 radical (unpaired) electrons. The van der Waals surface area contributed by atoms with Crippen molar-refractivity contribution >= 4 is 0 Å². The zero-order valence-electron chi connectivity index (χ0n) is 24.0. The van der Waals surface area contributed by atoms with Gasteiger partial charge in [-0.3, -0.25) is 9.80 Å². The lowest BCUT2D eigenvalue weighted by atomic mass is 9.94. The fraction of sp³-hybridized carbons (Fsp3) is 0.800. The summed E-state index contributed by atoms with van der Waals surface area (Å²) in [6.45, 7) is 27.3. The van der Waals surface area contributed by atoms with Crippen molar-refractivity contribution in [3.63, 3.8) is 0 Å². The molecular weight excluding hydrogens is 388 g/mol. The van der Waals surface area contributed by atoms with Gasteiger partial charge in [0.15, 0.2) is 0 Å². The Hall–Kier alpha value is -0.860. The van der Waals surface area contributed by atoms with Crippen LogP contribution in [-0.2, 0) is 0 Å². The van der Waals surface area contributed by atoms with E-state index in [0.29, 0.717) is 6.04 Å². The van der Waals surface area contributed by atoms with Crippen molar-refractivity contribution in [1.82, 2.24) is 9.80 Å². The van der Waals surface area contributed by atoms with Gasteiger partial charge in [-0.15, -0.1) is 0 Å². The number of piperidine rings is 1. The summed E-state index contributed by atoms with van der Waals surface area (Å²) in [6.07, 6.45) is 9.06. The molecule has 2 nitrogen and oxygen atoms in total. The number of nitrogens with zero attached hydrogens (tertiary/aromatic N) is 2. The van der Waals surface area contributed by atoms with Gasteiger partial charge in [-0.1, -0.05) is 105 Å². The van der Waals surface area contributed by atoms with Crippen molar-refractivity contribution in [3.8, 4) is 0 Å². The van der Waals surface area contributed by atoms with E-state index in [1.54, 1.807) is 0 Å². The molecule has 0 aliphatic carbocycles. The molecule has 0 aromatic heterocycles. The van der Waals surface area contributed by atoms with Crippen LogP contribution in [0.2, 0.25) is 0 Å². The molecular formula is C30H60N2. The Kier molecular flexibility index (Phi) is 22.9. The fourth-order valence-corrected chi connectivity index (χ4v) is 4.83. The molecule has 2 heteroatoms. The first-order chi connectivity index (χ1) is 15.6. The van der Waals surface area contributed by atoms with Crippen molar-refractivity contribution in [3.05, 3.63) is 35.4 Å². The third-order valence-corrected chi connectivity index (χ3v) is 6.33. The molecule has 1 aromatic carbocycles. The van der Waals surface area contributed by atoms with E-state index in [0.717, 1.165) is 12.1 Å². The largest absolute Gasteiger partial charge is 0.297 e. The molecule has 0 spiro atoms. The zero-order valence-corrected chi connectivity index (χ0v) is 24.0. The molecule has 32 heavy (non-hydrogen) atoms.